The third kappa shape index (κ3) is 27.0. The molecule has 2 aliphatic rings. The maximum absolute atomic E-state index is 12.2. The number of carbonyl (C=O) groups excluding carboxylic acids is 3. The second kappa shape index (κ2) is 34.7. The van der Waals surface area contributed by atoms with Crippen LogP contribution in [0.25, 0.3) is 0 Å². The number of nitrogens with zero attached hydrogens (tertiary/aromatic N) is 3. The van der Waals surface area contributed by atoms with Gasteiger partial charge in [0, 0.05) is 32.9 Å². The molecule has 2 heterocycles. The van der Waals surface area contributed by atoms with E-state index in [2.05, 4.69) is 94.9 Å². The Hall–Kier alpha value is -5.59. The minimum Gasteiger partial charge on any atom is -0.444 e. The van der Waals surface area contributed by atoms with Gasteiger partial charge in [-0.2, -0.15) is 0 Å². The number of fused-ring (bicyclic) bond motifs is 2. The Morgan fingerprint density at radius 1 is 0.676 bits per heavy atom. The maximum Gasteiger partial charge on any atom is 0.411 e. The number of hydrogen-bond acceptors (Lipinski definition) is 9. The smallest absolute Gasteiger partial charge is 0.411 e. The van der Waals surface area contributed by atoms with Crippen LogP contribution in [0.3, 0.4) is 0 Å². The number of aryl methyl sites for hydroxylation is 2. The second-order valence-electron chi connectivity index (χ2n) is 18.8. The molecule has 3 N–H and O–H groups in total. The van der Waals surface area contributed by atoms with Gasteiger partial charge in [0.1, 0.15) is 23.4 Å². The first-order chi connectivity index (χ1) is 33.6. The first-order valence-corrected chi connectivity index (χ1v) is 24.7. The number of terminal acetylenes is 1. The standard InChI is InChI=1S/C16H22BrNO2.C16H23NO3.C13H19NO2.C8H11N.C3H4O.C2H6/c1-10-6-12(7-17)11(2)14-9-18(8-13(10)14)15(19)20-16(3,4)5;1-10-6-12(9-18)11(2)14-8-17(7-13(10)14)15(19)20-16(3,4)5;1-6-8-10-14(11-9-7-2)12(15)16-13(3,4)5;1-3-5-7-9-8-6-4-2;1-2-3-4;1-2/h6H,7-9H2,1-5H3;6,18H,7-9H2,1-5H3;10-11H2,1-5H3;9H,7-8H2,1-2H3;1,4H,3H2;1-2H3/i;;;;;1D. The van der Waals surface area contributed by atoms with Gasteiger partial charge in [0.15, 0.2) is 0 Å². The predicted octanol–water partition coefficient (Wildman–Crippen LogP) is 11.0. The number of alkyl halides is 1. The van der Waals surface area contributed by atoms with Gasteiger partial charge in [-0.1, -0.05) is 71.5 Å². The van der Waals surface area contributed by atoms with Crippen molar-refractivity contribution in [1.82, 2.24) is 20.0 Å². The second-order valence-corrected chi connectivity index (χ2v) is 19.4. The SMILES string of the molecule is C#CCO.CC#CCN(CC#CC)C(=O)OC(C)(C)C.CC#CCNCC#CC.Cc1cc(CBr)c(C)c2c1CN(C(=O)OC(C)(C)C)C2.Cc1cc(CO)c(C)c2c1CN(C(=O)OC(C)(C)C)C2.[2H]CC. The molecule has 0 aliphatic carbocycles. The van der Waals surface area contributed by atoms with E-state index >= 15 is 0 Å². The van der Waals surface area contributed by atoms with Crippen molar-refractivity contribution in [1.29, 1.82) is 0 Å². The zero-order valence-electron chi connectivity index (χ0n) is 47.3. The van der Waals surface area contributed by atoms with Crippen molar-refractivity contribution in [2.75, 3.05) is 32.8 Å². The van der Waals surface area contributed by atoms with E-state index in [1.807, 2.05) is 102 Å². The molecule has 0 atom stereocenters. The zero-order valence-corrected chi connectivity index (χ0v) is 47.9. The molecule has 392 valence electrons. The van der Waals surface area contributed by atoms with Crippen LogP contribution in [-0.4, -0.2) is 92.8 Å². The number of nitrogens with one attached hydrogen (secondary N) is 1. The van der Waals surface area contributed by atoms with Crippen LogP contribution in [0.2, 0.25) is 0 Å². The van der Waals surface area contributed by atoms with Crippen molar-refractivity contribution >= 4 is 34.2 Å². The average Bonchev–Trinajstić information content (AvgIpc) is 3.96. The zero-order chi connectivity index (χ0) is 55.8. The predicted molar refractivity (Wildman–Crippen MR) is 293 cm³/mol. The van der Waals surface area contributed by atoms with Crippen LogP contribution in [-0.2, 0) is 52.3 Å². The number of benzene rings is 2. The summed E-state index contributed by atoms with van der Waals surface area (Å²) in [5.41, 5.74) is 10.5. The number of amides is 3. The Balaban J connectivity index is 0. The van der Waals surface area contributed by atoms with Gasteiger partial charge < -0.3 is 24.4 Å². The van der Waals surface area contributed by atoms with Crippen LogP contribution >= 0.6 is 15.9 Å². The lowest BCUT2D eigenvalue weighted by molar-refractivity contribution is 0.0231. The van der Waals surface area contributed by atoms with Crippen molar-refractivity contribution in [3.8, 4) is 59.7 Å². The Kier molecular flexibility index (Phi) is 32.0. The molecule has 0 unspecified atom stereocenters. The van der Waals surface area contributed by atoms with Crippen molar-refractivity contribution in [3.63, 3.8) is 0 Å². The molecule has 0 bridgehead atoms. The highest BCUT2D eigenvalue weighted by Crippen LogP contribution is 2.34. The molecular weight excluding hydrogens is 961 g/mol. The lowest BCUT2D eigenvalue weighted by atomic mass is 9.95. The Morgan fingerprint density at radius 2 is 1.01 bits per heavy atom. The van der Waals surface area contributed by atoms with E-state index in [4.69, 9.17) is 20.7 Å². The normalized spacial score (nSPS) is 11.6. The first kappa shape index (κ1) is 65.4. The van der Waals surface area contributed by atoms with E-state index in [1.54, 1.807) is 30.6 Å². The maximum atomic E-state index is 12.2. The highest BCUT2D eigenvalue weighted by Gasteiger charge is 2.32. The summed E-state index contributed by atoms with van der Waals surface area (Å²) in [4.78, 5) is 41.1. The summed E-state index contributed by atoms with van der Waals surface area (Å²) in [6.07, 6.45) is 3.64. The quantitative estimate of drug-likeness (QED) is 0.112. The molecule has 4 rings (SSSR count). The number of rotatable bonds is 6. The molecule has 0 spiro atoms. The minimum atomic E-state index is -0.491. The molecule has 0 fully saturated rings. The average molecular weight is 1050 g/mol. The fraction of sp³-hybridized carbons (Fsp3) is 0.569. The largest absolute Gasteiger partial charge is 0.444 e. The Bertz CT molecular complexity index is 2200. The molecule has 12 nitrogen and oxygen atoms in total. The molecule has 71 heavy (non-hydrogen) atoms. The molecule has 2 aromatic carbocycles. The molecule has 0 radical (unpaired) electrons. The Morgan fingerprint density at radius 3 is 1.32 bits per heavy atom. The summed E-state index contributed by atoms with van der Waals surface area (Å²) >= 11 is 3.53. The summed E-state index contributed by atoms with van der Waals surface area (Å²) in [6, 6.07) is 4.22. The minimum absolute atomic E-state index is 0.0341. The fourth-order valence-electron chi connectivity index (χ4n) is 6.41. The number of hydrogen-bond donors (Lipinski definition) is 3. The van der Waals surface area contributed by atoms with Crippen molar-refractivity contribution in [2.45, 2.75) is 186 Å². The molecule has 13 heteroatoms. The number of halogens is 1. The van der Waals surface area contributed by atoms with Crippen LogP contribution in [0.1, 0.15) is 161 Å². The van der Waals surface area contributed by atoms with E-state index in [9.17, 15) is 19.5 Å². The summed E-state index contributed by atoms with van der Waals surface area (Å²) in [7, 11) is 0. The van der Waals surface area contributed by atoms with Crippen LogP contribution < -0.4 is 5.32 Å². The van der Waals surface area contributed by atoms with Crippen LogP contribution in [0, 0.1) is 87.4 Å². The van der Waals surface area contributed by atoms with Gasteiger partial charge in [0.05, 0.1) is 32.8 Å². The van der Waals surface area contributed by atoms with Gasteiger partial charge >= 0.3 is 18.3 Å². The third-order valence-corrected chi connectivity index (χ3v) is 10.4. The van der Waals surface area contributed by atoms with E-state index in [0.717, 1.165) is 40.7 Å². The van der Waals surface area contributed by atoms with Gasteiger partial charge in [-0.25, -0.2) is 14.4 Å². The highest BCUT2D eigenvalue weighted by atomic mass is 79.9. The van der Waals surface area contributed by atoms with E-state index < -0.39 is 16.8 Å². The number of aliphatic hydroxyl groups excluding tert-OH is 2. The molecule has 0 aromatic heterocycles. The van der Waals surface area contributed by atoms with Crippen molar-refractivity contribution in [3.05, 3.63) is 67.8 Å². The first-order valence-electron chi connectivity index (χ1n) is 24.3. The van der Waals surface area contributed by atoms with Gasteiger partial charge in [0.25, 0.3) is 0 Å². The van der Waals surface area contributed by atoms with Gasteiger partial charge in [0.2, 0.25) is 0 Å². The lowest BCUT2D eigenvalue weighted by Crippen LogP contribution is -2.37. The third-order valence-electron chi connectivity index (χ3n) is 9.76. The summed E-state index contributed by atoms with van der Waals surface area (Å²) in [5, 5.41) is 20.9. The monoisotopic (exact) mass is 1050 g/mol. The lowest BCUT2D eigenvalue weighted by Gasteiger charge is -2.24. The molecule has 0 saturated carbocycles. The van der Waals surface area contributed by atoms with Gasteiger partial charge in [-0.05, 0) is 173 Å². The Labute approximate surface area is 439 Å². The van der Waals surface area contributed by atoms with E-state index in [1.165, 1.54) is 38.3 Å². The number of ether oxygens (including phenoxy) is 3. The summed E-state index contributed by atoms with van der Waals surface area (Å²) < 4.78 is 22.3. The number of carbonyl (C=O) groups is 3. The summed E-state index contributed by atoms with van der Waals surface area (Å²) in [5.74, 6) is 24.5. The molecule has 2 aromatic rings. The van der Waals surface area contributed by atoms with E-state index in [-0.39, 0.29) is 31.5 Å². The number of aliphatic hydroxyl groups is 2. The van der Waals surface area contributed by atoms with Gasteiger partial charge in [-0.3, -0.25) is 20.0 Å². The molecular formula is C58H85BrN4O8. The molecule has 3 amide bonds. The molecule has 0 saturated heterocycles. The highest BCUT2D eigenvalue weighted by molar-refractivity contribution is 9.08. The topological polar surface area (TPSA) is 141 Å². The van der Waals surface area contributed by atoms with Crippen molar-refractivity contribution < 1.29 is 40.2 Å². The van der Waals surface area contributed by atoms with E-state index in [0.29, 0.717) is 46.2 Å². The van der Waals surface area contributed by atoms with Crippen LogP contribution in [0.4, 0.5) is 14.4 Å². The van der Waals surface area contributed by atoms with Crippen LogP contribution in [0.5, 0.6) is 0 Å². The van der Waals surface area contributed by atoms with Crippen LogP contribution in [0.15, 0.2) is 12.1 Å². The summed E-state index contributed by atoms with van der Waals surface area (Å²) in [6.45, 7) is 39.0. The van der Waals surface area contributed by atoms with Crippen molar-refractivity contribution in [2.24, 2.45) is 0 Å². The molecule has 2 aliphatic heterocycles. The fourth-order valence-corrected chi connectivity index (χ4v) is 6.99. The van der Waals surface area contributed by atoms with Gasteiger partial charge in [-0.15, -0.1) is 30.1 Å².